The maximum absolute atomic E-state index is 12.7. The van der Waals surface area contributed by atoms with Gasteiger partial charge in [0, 0.05) is 19.3 Å². The Morgan fingerprint density at radius 3 is 1.02 bits per heavy atom. The van der Waals surface area contributed by atoms with E-state index in [-0.39, 0.29) is 31.1 Å². The molecule has 0 aliphatic carbocycles. The molecular formula is C55H92O6. The van der Waals surface area contributed by atoms with Crippen LogP contribution in [0.4, 0.5) is 0 Å². The van der Waals surface area contributed by atoms with E-state index in [9.17, 15) is 14.4 Å². The third-order valence-electron chi connectivity index (χ3n) is 10.4. The zero-order chi connectivity index (χ0) is 44.4. The van der Waals surface area contributed by atoms with Gasteiger partial charge in [0.15, 0.2) is 6.10 Å². The van der Waals surface area contributed by atoms with E-state index in [0.717, 1.165) is 116 Å². The van der Waals surface area contributed by atoms with Crippen molar-refractivity contribution >= 4 is 17.9 Å². The van der Waals surface area contributed by atoms with Crippen LogP contribution in [0, 0.1) is 0 Å². The van der Waals surface area contributed by atoms with Crippen LogP contribution in [0.2, 0.25) is 0 Å². The maximum atomic E-state index is 12.7. The minimum atomic E-state index is -0.792. The molecule has 0 aromatic carbocycles. The molecule has 0 radical (unpaired) electrons. The zero-order valence-corrected chi connectivity index (χ0v) is 39.7. The average molecular weight is 849 g/mol. The van der Waals surface area contributed by atoms with Gasteiger partial charge in [-0.15, -0.1) is 0 Å². The molecule has 0 aliphatic heterocycles. The normalized spacial score (nSPS) is 12.8. The number of unbranched alkanes of at least 4 members (excludes halogenated alkanes) is 19. The van der Waals surface area contributed by atoms with E-state index in [0.29, 0.717) is 19.3 Å². The van der Waals surface area contributed by atoms with Crippen molar-refractivity contribution in [2.45, 2.75) is 232 Å². The number of carbonyl (C=O) groups excluding carboxylic acids is 3. The molecule has 1 unspecified atom stereocenters. The van der Waals surface area contributed by atoms with Crippen molar-refractivity contribution in [1.82, 2.24) is 0 Å². The molecule has 0 aromatic heterocycles. The Hall–Kier alpha value is -3.41. The lowest BCUT2D eigenvalue weighted by molar-refractivity contribution is -0.167. The molecule has 0 amide bonds. The first-order chi connectivity index (χ1) is 30.0. The second-order valence-electron chi connectivity index (χ2n) is 16.3. The van der Waals surface area contributed by atoms with Crippen molar-refractivity contribution in [3.63, 3.8) is 0 Å². The Morgan fingerprint density at radius 2 is 0.639 bits per heavy atom. The van der Waals surface area contributed by atoms with Gasteiger partial charge in [-0.3, -0.25) is 14.4 Å². The van der Waals surface area contributed by atoms with Gasteiger partial charge in [0.05, 0.1) is 0 Å². The number of hydrogen-bond acceptors (Lipinski definition) is 6. The number of ether oxygens (including phenoxy) is 3. The predicted molar refractivity (Wildman–Crippen MR) is 261 cm³/mol. The van der Waals surface area contributed by atoms with Crippen LogP contribution in [-0.2, 0) is 28.6 Å². The molecule has 61 heavy (non-hydrogen) atoms. The van der Waals surface area contributed by atoms with Gasteiger partial charge in [-0.25, -0.2) is 0 Å². The van der Waals surface area contributed by atoms with Gasteiger partial charge in [0.2, 0.25) is 0 Å². The third kappa shape index (κ3) is 47.5. The summed E-state index contributed by atoms with van der Waals surface area (Å²) in [5.41, 5.74) is 0. The lowest BCUT2D eigenvalue weighted by Crippen LogP contribution is -2.30. The van der Waals surface area contributed by atoms with Gasteiger partial charge < -0.3 is 14.2 Å². The quantitative estimate of drug-likeness (QED) is 0.0263. The topological polar surface area (TPSA) is 78.9 Å². The highest BCUT2D eigenvalue weighted by molar-refractivity contribution is 5.71. The molecule has 0 saturated heterocycles. The molecule has 0 rings (SSSR count). The second-order valence-corrected chi connectivity index (χ2v) is 16.3. The maximum Gasteiger partial charge on any atom is 0.306 e. The SMILES string of the molecule is CC/C=C\C/C=C\C/C=C\C/C=C\CCCCCCCCCCC(=O)OCC(COC(=O)CCCCCCCCCCC)OC(=O)CCCCC/C=C\C/C=C\C/C=C\CC. The number of rotatable bonds is 44. The second kappa shape index (κ2) is 49.2. The van der Waals surface area contributed by atoms with Crippen LogP contribution in [0.5, 0.6) is 0 Å². The summed E-state index contributed by atoms with van der Waals surface area (Å²) in [7, 11) is 0. The van der Waals surface area contributed by atoms with E-state index in [4.69, 9.17) is 14.2 Å². The lowest BCUT2D eigenvalue weighted by Gasteiger charge is -2.18. The Kier molecular flexibility index (Phi) is 46.5. The highest BCUT2D eigenvalue weighted by Gasteiger charge is 2.19. The summed E-state index contributed by atoms with van der Waals surface area (Å²) in [6.07, 6.45) is 62.9. The summed E-state index contributed by atoms with van der Waals surface area (Å²) in [5.74, 6) is -0.934. The molecule has 0 aliphatic rings. The van der Waals surface area contributed by atoms with Gasteiger partial charge in [0.25, 0.3) is 0 Å². The first-order valence-electron chi connectivity index (χ1n) is 25.1. The van der Waals surface area contributed by atoms with Gasteiger partial charge in [0.1, 0.15) is 13.2 Å². The Bertz CT molecular complexity index is 1200. The molecule has 0 bridgehead atoms. The largest absolute Gasteiger partial charge is 0.462 e. The third-order valence-corrected chi connectivity index (χ3v) is 10.4. The molecule has 0 saturated carbocycles. The first kappa shape index (κ1) is 57.6. The van der Waals surface area contributed by atoms with Crippen LogP contribution in [0.25, 0.3) is 0 Å². The van der Waals surface area contributed by atoms with Crippen molar-refractivity contribution in [2.24, 2.45) is 0 Å². The van der Waals surface area contributed by atoms with Crippen LogP contribution in [0.1, 0.15) is 226 Å². The van der Waals surface area contributed by atoms with Crippen molar-refractivity contribution in [3.05, 3.63) is 85.1 Å². The summed E-state index contributed by atoms with van der Waals surface area (Å²) in [4.78, 5) is 37.8. The van der Waals surface area contributed by atoms with E-state index >= 15 is 0 Å². The van der Waals surface area contributed by atoms with Gasteiger partial charge in [-0.2, -0.15) is 0 Å². The number of carbonyl (C=O) groups is 3. The standard InChI is InChI=1S/C55H92O6/c1-4-7-10-13-16-19-21-23-24-25-26-27-28-29-30-32-33-36-39-42-45-48-54(57)60-51-52(50-59-53(56)47-44-41-38-35-18-15-12-9-6-3)61-55(58)49-46-43-40-37-34-31-22-20-17-14-11-8-5-2/h7-8,10-11,16-17,19-20,23-24,26-27,31,34,52H,4-6,9,12-15,18,21-22,25,28-30,32-33,35-51H2,1-3H3/b10-7-,11-8-,19-16-,20-17-,24-23-,27-26-,34-31-. The van der Waals surface area contributed by atoms with E-state index < -0.39 is 6.10 Å². The van der Waals surface area contributed by atoms with Crippen LogP contribution < -0.4 is 0 Å². The van der Waals surface area contributed by atoms with Gasteiger partial charge >= 0.3 is 17.9 Å². The Balaban J connectivity index is 4.33. The molecule has 0 fully saturated rings. The minimum absolute atomic E-state index is 0.0904. The summed E-state index contributed by atoms with van der Waals surface area (Å²) in [6.45, 7) is 6.35. The lowest BCUT2D eigenvalue weighted by atomic mass is 10.1. The first-order valence-corrected chi connectivity index (χ1v) is 25.1. The fourth-order valence-corrected chi connectivity index (χ4v) is 6.68. The number of hydrogen-bond donors (Lipinski definition) is 0. The fourth-order valence-electron chi connectivity index (χ4n) is 6.68. The summed E-state index contributed by atoms with van der Waals surface area (Å²) >= 11 is 0. The molecule has 0 N–H and O–H groups in total. The molecule has 0 spiro atoms. The molecule has 348 valence electrons. The molecule has 6 nitrogen and oxygen atoms in total. The van der Waals surface area contributed by atoms with Crippen LogP contribution >= 0.6 is 0 Å². The highest BCUT2D eigenvalue weighted by atomic mass is 16.6. The molecule has 0 heterocycles. The summed E-state index contributed by atoms with van der Waals surface area (Å²) in [5, 5.41) is 0. The van der Waals surface area contributed by atoms with Crippen molar-refractivity contribution in [2.75, 3.05) is 13.2 Å². The van der Waals surface area contributed by atoms with Crippen molar-refractivity contribution in [1.29, 1.82) is 0 Å². The predicted octanol–water partition coefficient (Wildman–Crippen LogP) is 16.4. The van der Waals surface area contributed by atoms with E-state index in [1.807, 2.05) is 0 Å². The monoisotopic (exact) mass is 849 g/mol. The molecule has 6 heteroatoms. The van der Waals surface area contributed by atoms with E-state index in [1.165, 1.54) is 70.6 Å². The van der Waals surface area contributed by atoms with E-state index in [2.05, 4.69) is 106 Å². The summed E-state index contributed by atoms with van der Waals surface area (Å²) in [6, 6.07) is 0. The molecule has 0 aromatic rings. The van der Waals surface area contributed by atoms with Crippen LogP contribution in [-0.4, -0.2) is 37.2 Å². The van der Waals surface area contributed by atoms with Gasteiger partial charge in [-0.05, 0) is 89.9 Å². The van der Waals surface area contributed by atoms with Crippen molar-refractivity contribution in [3.8, 4) is 0 Å². The molecule has 1 atom stereocenters. The van der Waals surface area contributed by atoms with Crippen LogP contribution in [0.15, 0.2) is 85.1 Å². The molecular weight excluding hydrogens is 757 g/mol. The zero-order valence-electron chi connectivity index (χ0n) is 39.7. The Labute approximate surface area is 375 Å². The van der Waals surface area contributed by atoms with Crippen molar-refractivity contribution < 1.29 is 28.6 Å². The highest BCUT2D eigenvalue weighted by Crippen LogP contribution is 2.14. The summed E-state index contributed by atoms with van der Waals surface area (Å²) < 4.78 is 16.7. The number of allylic oxidation sites excluding steroid dienone is 14. The Morgan fingerprint density at radius 1 is 0.344 bits per heavy atom. The van der Waals surface area contributed by atoms with Crippen LogP contribution in [0.3, 0.4) is 0 Å². The fraction of sp³-hybridized carbons (Fsp3) is 0.691. The van der Waals surface area contributed by atoms with Gasteiger partial charge in [-0.1, -0.05) is 202 Å². The smallest absolute Gasteiger partial charge is 0.306 e. The average Bonchev–Trinajstić information content (AvgIpc) is 3.26. The minimum Gasteiger partial charge on any atom is -0.462 e. The number of esters is 3. The van der Waals surface area contributed by atoms with E-state index in [1.54, 1.807) is 0 Å².